The summed E-state index contributed by atoms with van der Waals surface area (Å²) in [5.41, 5.74) is 0.999. The van der Waals surface area contributed by atoms with Crippen molar-refractivity contribution in [2.75, 3.05) is 7.11 Å². The summed E-state index contributed by atoms with van der Waals surface area (Å²) in [4.78, 5) is 4.14. The second kappa shape index (κ2) is 5.68. The minimum Gasteiger partial charge on any atom is -0.493 e. The molecule has 0 amide bonds. The number of aromatic nitrogens is 1. The minimum atomic E-state index is 0.453. The molecule has 1 aromatic heterocycles. The second-order valence-corrected chi connectivity index (χ2v) is 4.14. The first-order valence-corrected chi connectivity index (χ1v) is 5.96. The van der Waals surface area contributed by atoms with Gasteiger partial charge in [0.2, 0.25) is 0 Å². The molecular formula is C13H12BrNO2. The van der Waals surface area contributed by atoms with Crippen LogP contribution in [0.5, 0.6) is 11.5 Å². The maximum absolute atomic E-state index is 5.70. The van der Waals surface area contributed by atoms with E-state index in [0.29, 0.717) is 6.61 Å². The van der Waals surface area contributed by atoms with Crippen LogP contribution in [0.1, 0.15) is 5.56 Å². The smallest absolute Gasteiger partial charge is 0.161 e. The van der Waals surface area contributed by atoms with Gasteiger partial charge in [-0.1, -0.05) is 18.2 Å². The lowest BCUT2D eigenvalue weighted by Gasteiger charge is -2.10. The van der Waals surface area contributed by atoms with Gasteiger partial charge in [-0.05, 0) is 34.1 Å². The molecule has 0 aliphatic heterocycles. The molecule has 0 spiro atoms. The third-order valence-corrected chi connectivity index (χ3v) is 3.00. The molecule has 0 bridgehead atoms. The monoisotopic (exact) mass is 293 g/mol. The summed E-state index contributed by atoms with van der Waals surface area (Å²) in [5.74, 6) is 1.46. The molecule has 0 radical (unpaired) electrons. The topological polar surface area (TPSA) is 31.4 Å². The molecule has 0 fully saturated rings. The average molecular weight is 294 g/mol. The van der Waals surface area contributed by atoms with E-state index in [0.717, 1.165) is 21.7 Å². The molecule has 0 saturated heterocycles. The lowest BCUT2D eigenvalue weighted by atomic mass is 10.3. The van der Waals surface area contributed by atoms with E-state index in [1.165, 1.54) is 0 Å². The van der Waals surface area contributed by atoms with Crippen LogP contribution in [0.2, 0.25) is 0 Å². The third kappa shape index (κ3) is 2.97. The van der Waals surface area contributed by atoms with Crippen LogP contribution >= 0.6 is 15.9 Å². The summed E-state index contributed by atoms with van der Waals surface area (Å²) in [5, 5.41) is 0. The van der Waals surface area contributed by atoms with Crippen molar-refractivity contribution in [2.45, 2.75) is 6.61 Å². The van der Waals surface area contributed by atoms with Gasteiger partial charge in [-0.25, -0.2) is 4.98 Å². The van der Waals surface area contributed by atoms with Gasteiger partial charge in [-0.15, -0.1) is 0 Å². The van der Waals surface area contributed by atoms with Crippen LogP contribution in [0.25, 0.3) is 0 Å². The van der Waals surface area contributed by atoms with E-state index in [2.05, 4.69) is 20.9 Å². The molecule has 1 heterocycles. The molecule has 0 aliphatic carbocycles. The van der Waals surface area contributed by atoms with Gasteiger partial charge in [-0.3, -0.25) is 0 Å². The quantitative estimate of drug-likeness (QED) is 0.810. The van der Waals surface area contributed by atoms with E-state index in [-0.39, 0.29) is 0 Å². The van der Waals surface area contributed by atoms with Crippen LogP contribution in [-0.2, 0) is 6.61 Å². The first-order valence-electron chi connectivity index (χ1n) is 5.16. The van der Waals surface area contributed by atoms with Crippen molar-refractivity contribution in [3.05, 3.63) is 52.8 Å². The van der Waals surface area contributed by atoms with E-state index in [1.54, 1.807) is 13.3 Å². The number of benzene rings is 1. The molecule has 1 aromatic carbocycles. The molecule has 4 heteroatoms. The van der Waals surface area contributed by atoms with Crippen molar-refractivity contribution >= 4 is 15.9 Å². The maximum Gasteiger partial charge on any atom is 0.161 e. The molecule has 0 saturated carbocycles. The summed E-state index contributed by atoms with van der Waals surface area (Å²) in [6.45, 7) is 0.453. The van der Waals surface area contributed by atoms with Crippen LogP contribution in [0.15, 0.2) is 47.2 Å². The van der Waals surface area contributed by atoms with Gasteiger partial charge < -0.3 is 9.47 Å². The second-order valence-electron chi connectivity index (χ2n) is 3.39. The van der Waals surface area contributed by atoms with Gasteiger partial charge >= 0.3 is 0 Å². The normalized spacial score (nSPS) is 10.0. The first kappa shape index (κ1) is 11.9. The van der Waals surface area contributed by atoms with Gasteiger partial charge in [0.15, 0.2) is 11.5 Å². The highest BCUT2D eigenvalue weighted by atomic mass is 79.9. The van der Waals surface area contributed by atoms with Crippen molar-refractivity contribution in [1.29, 1.82) is 0 Å². The molecule has 0 atom stereocenters. The van der Waals surface area contributed by atoms with E-state index in [9.17, 15) is 0 Å². The molecule has 88 valence electrons. The summed E-state index contributed by atoms with van der Waals surface area (Å²) in [6, 6.07) is 11.4. The van der Waals surface area contributed by atoms with Crippen molar-refractivity contribution in [2.24, 2.45) is 0 Å². The Hall–Kier alpha value is -1.55. The van der Waals surface area contributed by atoms with Gasteiger partial charge in [0.05, 0.1) is 7.11 Å². The zero-order valence-corrected chi connectivity index (χ0v) is 11.0. The highest BCUT2D eigenvalue weighted by molar-refractivity contribution is 9.10. The van der Waals surface area contributed by atoms with E-state index < -0.39 is 0 Å². The highest BCUT2D eigenvalue weighted by Gasteiger charge is 2.05. The fourth-order valence-electron chi connectivity index (χ4n) is 1.42. The van der Waals surface area contributed by atoms with Crippen molar-refractivity contribution in [1.82, 2.24) is 4.98 Å². The van der Waals surface area contributed by atoms with Crippen LogP contribution in [0.4, 0.5) is 0 Å². The predicted molar refractivity (Wildman–Crippen MR) is 69.3 cm³/mol. The van der Waals surface area contributed by atoms with E-state index in [1.807, 2.05) is 36.4 Å². The van der Waals surface area contributed by atoms with E-state index >= 15 is 0 Å². The number of methoxy groups -OCH3 is 1. The molecule has 2 rings (SSSR count). The van der Waals surface area contributed by atoms with Gasteiger partial charge in [0.25, 0.3) is 0 Å². The predicted octanol–water partition coefficient (Wildman–Crippen LogP) is 3.43. The number of rotatable bonds is 4. The zero-order chi connectivity index (χ0) is 12.1. The summed E-state index contributed by atoms with van der Waals surface area (Å²) in [6.07, 6.45) is 1.73. The molecule has 3 nitrogen and oxygen atoms in total. The number of hydrogen-bond donors (Lipinski definition) is 0. The number of hydrogen-bond acceptors (Lipinski definition) is 3. The maximum atomic E-state index is 5.70. The lowest BCUT2D eigenvalue weighted by Crippen LogP contribution is -1.99. The van der Waals surface area contributed by atoms with Gasteiger partial charge in [0.1, 0.15) is 11.2 Å². The van der Waals surface area contributed by atoms with Gasteiger partial charge in [-0.2, -0.15) is 0 Å². The van der Waals surface area contributed by atoms with Crippen LogP contribution in [0, 0.1) is 0 Å². The van der Waals surface area contributed by atoms with Crippen molar-refractivity contribution < 1.29 is 9.47 Å². The Morgan fingerprint density at radius 2 is 1.88 bits per heavy atom. The Bertz CT molecular complexity index is 502. The Morgan fingerprint density at radius 1 is 1.12 bits per heavy atom. The van der Waals surface area contributed by atoms with Crippen LogP contribution in [0.3, 0.4) is 0 Å². The Kier molecular flexibility index (Phi) is 3.98. The number of pyridine rings is 1. The molecule has 0 unspecified atom stereocenters. The minimum absolute atomic E-state index is 0.453. The fourth-order valence-corrected chi connectivity index (χ4v) is 1.79. The Morgan fingerprint density at radius 3 is 2.59 bits per heavy atom. The molecule has 17 heavy (non-hydrogen) atoms. The summed E-state index contributed by atoms with van der Waals surface area (Å²) in [7, 11) is 1.63. The molecule has 0 N–H and O–H groups in total. The number of nitrogens with zero attached hydrogens (tertiary/aromatic N) is 1. The number of para-hydroxylation sites is 2. The standard InChI is InChI=1S/C13H12BrNO2/c1-16-11-6-2-3-7-12(11)17-9-10-5-4-8-15-13(10)14/h2-8H,9H2,1H3. The van der Waals surface area contributed by atoms with Crippen LogP contribution < -0.4 is 9.47 Å². The first-order chi connectivity index (χ1) is 8.31. The van der Waals surface area contributed by atoms with E-state index in [4.69, 9.17) is 9.47 Å². The van der Waals surface area contributed by atoms with Crippen molar-refractivity contribution in [3.8, 4) is 11.5 Å². The summed E-state index contributed by atoms with van der Waals surface area (Å²) < 4.78 is 11.7. The summed E-state index contributed by atoms with van der Waals surface area (Å²) >= 11 is 3.38. The Labute approximate surface area is 109 Å². The highest BCUT2D eigenvalue weighted by Crippen LogP contribution is 2.27. The molecular weight excluding hydrogens is 282 g/mol. The number of ether oxygens (including phenoxy) is 2. The van der Waals surface area contributed by atoms with Crippen molar-refractivity contribution in [3.63, 3.8) is 0 Å². The Balaban J connectivity index is 2.10. The third-order valence-electron chi connectivity index (χ3n) is 2.29. The lowest BCUT2D eigenvalue weighted by molar-refractivity contribution is 0.283. The fraction of sp³-hybridized carbons (Fsp3) is 0.154. The molecule has 0 aliphatic rings. The van der Waals surface area contributed by atoms with Crippen LogP contribution in [-0.4, -0.2) is 12.1 Å². The molecule has 2 aromatic rings. The number of halogens is 1. The zero-order valence-electron chi connectivity index (χ0n) is 9.39. The largest absolute Gasteiger partial charge is 0.493 e. The van der Waals surface area contributed by atoms with Gasteiger partial charge in [0, 0.05) is 11.8 Å². The average Bonchev–Trinajstić information content (AvgIpc) is 2.38. The SMILES string of the molecule is COc1ccccc1OCc1cccnc1Br.